The summed E-state index contributed by atoms with van der Waals surface area (Å²) in [6.45, 7) is 7.74. The summed E-state index contributed by atoms with van der Waals surface area (Å²) in [7, 11) is 0. The molecule has 78 valence electrons. The van der Waals surface area contributed by atoms with Gasteiger partial charge in [0.1, 0.15) is 0 Å². The Hall–Kier alpha value is -0.610. The summed E-state index contributed by atoms with van der Waals surface area (Å²) < 4.78 is 0. The largest absolute Gasteiger partial charge is 0.355 e. The lowest BCUT2D eigenvalue weighted by molar-refractivity contribution is -0.120. The van der Waals surface area contributed by atoms with Crippen LogP contribution in [0.2, 0.25) is 0 Å². The van der Waals surface area contributed by atoms with Crippen molar-refractivity contribution in [2.75, 3.05) is 19.6 Å². The zero-order valence-corrected chi connectivity index (χ0v) is 8.81. The van der Waals surface area contributed by atoms with Gasteiger partial charge in [0.25, 0.3) is 0 Å². The molecule has 0 aliphatic heterocycles. The Bertz CT molecular complexity index is 151. The number of carbonyl (C=O) groups excluding carboxylic acids is 1. The molecule has 4 nitrogen and oxygen atoms in total. The van der Waals surface area contributed by atoms with Crippen molar-refractivity contribution >= 4 is 5.91 Å². The molecule has 0 aliphatic carbocycles. The lowest BCUT2D eigenvalue weighted by atomic mass is 10.1. The van der Waals surface area contributed by atoms with Crippen LogP contribution in [-0.4, -0.2) is 31.1 Å². The fraction of sp³-hybridized carbons (Fsp3) is 0.889. The second kappa shape index (κ2) is 5.94. The van der Waals surface area contributed by atoms with Crippen LogP contribution in [0.25, 0.3) is 0 Å². The molecule has 0 aromatic rings. The van der Waals surface area contributed by atoms with Gasteiger partial charge in [-0.3, -0.25) is 4.79 Å². The molecule has 0 fully saturated rings. The fourth-order valence-corrected chi connectivity index (χ4v) is 0.738. The second-order valence-corrected chi connectivity index (χ2v) is 4.10. The summed E-state index contributed by atoms with van der Waals surface area (Å²) in [6.07, 6.45) is 0.835. The van der Waals surface area contributed by atoms with E-state index < -0.39 is 0 Å². The van der Waals surface area contributed by atoms with E-state index in [0.717, 1.165) is 6.42 Å². The Balaban J connectivity index is 3.41. The summed E-state index contributed by atoms with van der Waals surface area (Å²) in [5.41, 5.74) is 5.28. The lowest BCUT2D eigenvalue weighted by Crippen LogP contribution is -2.43. The minimum atomic E-state index is -0.00872. The number of hydrogen-bond donors (Lipinski definition) is 3. The molecule has 0 saturated carbocycles. The van der Waals surface area contributed by atoms with Crippen LogP contribution in [0.3, 0.4) is 0 Å². The van der Waals surface area contributed by atoms with Crippen LogP contribution in [0, 0.1) is 0 Å². The highest BCUT2D eigenvalue weighted by Gasteiger charge is 2.10. The predicted molar refractivity (Wildman–Crippen MR) is 54.4 cm³/mol. The summed E-state index contributed by atoms with van der Waals surface area (Å²) in [5, 5.41) is 5.88. The molecule has 0 radical (unpaired) electrons. The Morgan fingerprint density at radius 3 is 2.46 bits per heavy atom. The number of carbonyl (C=O) groups is 1. The molecule has 0 spiro atoms. The maximum Gasteiger partial charge on any atom is 0.233 e. The van der Waals surface area contributed by atoms with Crippen LogP contribution < -0.4 is 16.4 Å². The number of rotatable bonds is 5. The molecule has 0 aromatic carbocycles. The lowest BCUT2D eigenvalue weighted by Gasteiger charge is -2.19. The Labute approximate surface area is 80.3 Å². The maximum absolute atomic E-state index is 11.2. The van der Waals surface area contributed by atoms with Crippen molar-refractivity contribution in [3.05, 3.63) is 0 Å². The Morgan fingerprint density at radius 2 is 2.00 bits per heavy atom. The van der Waals surface area contributed by atoms with Gasteiger partial charge < -0.3 is 16.4 Å². The zero-order chi connectivity index (χ0) is 10.3. The molecule has 0 unspecified atom stereocenters. The Morgan fingerprint density at radius 1 is 1.38 bits per heavy atom. The average molecular weight is 187 g/mol. The van der Waals surface area contributed by atoms with E-state index in [2.05, 4.69) is 10.6 Å². The summed E-state index contributed by atoms with van der Waals surface area (Å²) >= 11 is 0. The molecule has 0 bridgehead atoms. The molecule has 0 heterocycles. The molecule has 4 N–H and O–H groups in total. The standard InChI is InChI=1S/C9H21N3O/c1-9(2,3)12-7-8(13)11-6-4-5-10/h12H,4-7,10H2,1-3H3,(H,11,13). The van der Waals surface area contributed by atoms with Gasteiger partial charge in [0, 0.05) is 12.1 Å². The van der Waals surface area contributed by atoms with Gasteiger partial charge in [-0.1, -0.05) is 0 Å². The first kappa shape index (κ1) is 12.4. The molecule has 0 aliphatic rings. The van der Waals surface area contributed by atoms with Crippen molar-refractivity contribution in [1.82, 2.24) is 10.6 Å². The molecule has 4 heteroatoms. The van der Waals surface area contributed by atoms with E-state index >= 15 is 0 Å². The Kier molecular flexibility index (Phi) is 5.66. The minimum absolute atomic E-state index is 0.00872. The van der Waals surface area contributed by atoms with Gasteiger partial charge in [0.05, 0.1) is 6.54 Å². The van der Waals surface area contributed by atoms with Crippen molar-refractivity contribution in [2.45, 2.75) is 32.7 Å². The average Bonchev–Trinajstić information content (AvgIpc) is 2.00. The van der Waals surface area contributed by atoms with Gasteiger partial charge in [0.15, 0.2) is 0 Å². The summed E-state index contributed by atoms with van der Waals surface area (Å²) in [5.74, 6) is 0.0309. The van der Waals surface area contributed by atoms with Crippen LogP contribution in [0.15, 0.2) is 0 Å². The van der Waals surface area contributed by atoms with E-state index in [0.29, 0.717) is 19.6 Å². The third kappa shape index (κ3) is 9.30. The number of nitrogens with one attached hydrogen (secondary N) is 2. The third-order valence-corrected chi connectivity index (χ3v) is 1.48. The van der Waals surface area contributed by atoms with Crippen LogP contribution in [-0.2, 0) is 4.79 Å². The molecule has 13 heavy (non-hydrogen) atoms. The smallest absolute Gasteiger partial charge is 0.233 e. The van der Waals surface area contributed by atoms with E-state index in [4.69, 9.17) is 5.73 Å². The monoisotopic (exact) mass is 187 g/mol. The van der Waals surface area contributed by atoms with E-state index in [9.17, 15) is 4.79 Å². The van der Waals surface area contributed by atoms with E-state index in [1.165, 1.54) is 0 Å². The fourth-order valence-electron chi connectivity index (χ4n) is 0.738. The van der Waals surface area contributed by atoms with Crippen LogP contribution in [0.1, 0.15) is 27.2 Å². The van der Waals surface area contributed by atoms with Crippen LogP contribution in [0.4, 0.5) is 0 Å². The zero-order valence-electron chi connectivity index (χ0n) is 8.81. The highest BCUT2D eigenvalue weighted by atomic mass is 16.1. The topological polar surface area (TPSA) is 67.2 Å². The van der Waals surface area contributed by atoms with Crippen molar-refractivity contribution in [3.63, 3.8) is 0 Å². The van der Waals surface area contributed by atoms with Gasteiger partial charge in [-0.15, -0.1) is 0 Å². The molecule has 0 saturated heterocycles. The number of nitrogens with two attached hydrogens (primary N) is 1. The number of hydrogen-bond acceptors (Lipinski definition) is 3. The van der Waals surface area contributed by atoms with E-state index in [1.807, 2.05) is 20.8 Å². The van der Waals surface area contributed by atoms with Gasteiger partial charge in [0.2, 0.25) is 5.91 Å². The van der Waals surface area contributed by atoms with E-state index in [1.54, 1.807) is 0 Å². The summed E-state index contributed by atoms with van der Waals surface area (Å²) in [4.78, 5) is 11.2. The molecular weight excluding hydrogens is 166 g/mol. The molecule has 1 amide bonds. The quantitative estimate of drug-likeness (QED) is 0.524. The van der Waals surface area contributed by atoms with Gasteiger partial charge >= 0.3 is 0 Å². The highest BCUT2D eigenvalue weighted by Crippen LogP contribution is 1.96. The van der Waals surface area contributed by atoms with Crippen molar-refractivity contribution < 1.29 is 4.79 Å². The molecule has 0 aromatic heterocycles. The minimum Gasteiger partial charge on any atom is -0.355 e. The van der Waals surface area contributed by atoms with Crippen molar-refractivity contribution in [1.29, 1.82) is 0 Å². The predicted octanol–water partition coefficient (Wildman–Crippen LogP) is -0.160. The summed E-state index contributed by atoms with van der Waals surface area (Å²) in [6, 6.07) is 0. The van der Waals surface area contributed by atoms with Gasteiger partial charge in [-0.05, 0) is 33.7 Å². The van der Waals surface area contributed by atoms with Crippen LogP contribution >= 0.6 is 0 Å². The number of amides is 1. The second-order valence-electron chi connectivity index (χ2n) is 4.10. The first-order valence-corrected chi connectivity index (χ1v) is 4.67. The third-order valence-electron chi connectivity index (χ3n) is 1.48. The van der Waals surface area contributed by atoms with Crippen LogP contribution in [0.5, 0.6) is 0 Å². The molecular formula is C9H21N3O. The highest BCUT2D eigenvalue weighted by molar-refractivity contribution is 5.78. The van der Waals surface area contributed by atoms with Gasteiger partial charge in [-0.25, -0.2) is 0 Å². The SMILES string of the molecule is CC(C)(C)NCC(=O)NCCCN. The molecule has 0 rings (SSSR count). The maximum atomic E-state index is 11.2. The van der Waals surface area contributed by atoms with E-state index in [-0.39, 0.29) is 11.4 Å². The first-order valence-electron chi connectivity index (χ1n) is 4.67. The van der Waals surface area contributed by atoms with Crippen molar-refractivity contribution in [2.24, 2.45) is 5.73 Å². The first-order chi connectivity index (χ1) is 5.95. The van der Waals surface area contributed by atoms with Gasteiger partial charge in [-0.2, -0.15) is 0 Å². The normalized spacial score (nSPS) is 11.4. The van der Waals surface area contributed by atoms with Crippen molar-refractivity contribution in [3.8, 4) is 0 Å². The molecule has 0 atom stereocenters.